The van der Waals surface area contributed by atoms with Crippen LogP contribution in [0, 0.1) is 11.8 Å². The molecule has 6 nitrogen and oxygen atoms in total. The summed E-state index contributed by atoms with van der Waals surface area (Å²) >= 11 is 0. The van der Waals surface area contributed by atoms with Gasteiger partial charge < -0.3 is 19.7 Å². The fourth-order valence-corrected chi connectivity index (χ4v) is 8.81. The minimum absolute atomic E-state index is 0.0469. The number of unbranched alkanes of at least 4 members (excludes halogenated alkanes) is 28. The zero-order valence-corrected chi connectivity index (χ0v) is 41.6. The Morgan fingerprint density at radius 2 is 0.767 bits per heavy atom. The second-order valence-electron chi connectivity index (χ2n) is 18.9. The second kappa shape index (κ2) is 48.9. The van der Waals surface area contributed by atoms with Crippen molar-refractivity contribution in [1.29, 1.82) is 0 Å². The van der Waals surface area contributed by atoms with Crippen molar-refractivity contribution in [2.24, 2.45) is 11.8 Å². The number of ether oxygens (including phenoxy) is 2. The molecule has 60 heavy (non-hydrogen) atoms. The summed E-state index contributed by atoms with van der Waals surface area (Å²) in [7, 11) is 2.06. The highest BCUT2D eigenvalue weighted by Gasteiger charge is 2.19. The number of hydrogen-bond donors (Lipinski definition) is 1. The Hall–Kier alpha value is -1.14. The van der Waals surface area contributed by atoms with Crippen molar-refractivity contribution in [3.8, 4) is 0 Å². The van der Waals surface area contributed by atoms with Crippen LogP contribution in [0.3, 0.4) is 0 Å². The SMILES string of the molecule is CCCCCCCCC(CCCCCC)CC(=O)OCCCCCCCCCN(CCCCCCCCCOC(=O)C(CCCCCC)CCCCCCCC)CCNC. The van der Waals surface area contributed by atoms with E-state index in [1.807, 2.05) is 0 Å². The van der Waals surface area contributed by atoms with Crippen molar-refractivity contribution >= 4 is 11.9 Å². The van der Waals surface area contributed by atoms with Gasteiger partial charge in [-0.15, -0.1) is 0 Å². The van der Waals surface area contributed by atoms with Gasteiger partial charge in [-0.2, -0.15) is 0 Å². The van der Waals surface area contributed by atoms with Crippen LogP contribution in [-0.4, -0.2) is 63.3 Å². The molecule has 0 amide bonds. The molecule has 0 aliphatic heterocycles. The van der Waals surface area contributed by atoms with Gasteiger partial charge in [-0.3, -0.25) is 9.59 Å². The van der Waals surface area contributed by atoms with Gasteiger partial charge in [0.2, 0.25) is 0 Å². The molecule has 0 radical (unpaired) electrons. The Labute approximate surface area is 376 Å². The zero-order valence-electron chi connectivity index (χ0n) is 41.6. The predicted molar refractivity (Wildman–Crippen MR) is 262 cm³/mol. The summed E-state index contributed by atoms with van der Waals surface area (Å²) in [6.07, 6.45) is 48.1. The molecule has 0 heterocycles. The minimum atomic E-state index is 0.0469. The molecule has 0 aromatic heterocycles. The van der Waals surface area contributed by atoms with Crippen LogP contribution in [0.25, 0.3) is 0 Å². The molecule has 0 aromatic carbocycles. The molecule has 0 bridgehead atoms. The first-order chi connectivity index (χ1) is 29.5. The van der Waals surface area contributed by atoms with E-state index in [-0.39, 0.29) is 17.9 Å². The first-order valence-electron chi connectivity index (χ1n) is 27.2. The number of nitrogens with zero attached hydrogens (tertiary/aromatic N) is 1. The van der Waals surface area contributed by atoms with Gasteiger partial charge in [0.15, 0.2) is 0 Å². The van der Waals surface area contributed by atoms with E-state index in [4.69, 9.17) is 9.47 Å². The third kappa shape index (κ3) is 42.2. The smallest absolute Gasteiger partial charge is 0.308 e. The summed E-state index contributed by atoms with van der Waals surface area (Å²) < 4.78 is 11.5. The molecule has 0 rings (SSSR count). The number of hydrogen-bond acceptors (Lipinski definition) is 6. The second-order valence-corrected chi connectivity index (χ2v) is 18.9. The highest BCUT2D eigenvalue weighted by atomic mass is 16.5. The molecule has 0 spiro atoms. The van der Waals surface area contributed by atoms with Crippen LogP contribution in [0.5, 0.6) is 0 Å². The van der Waals surface area contributed by atoms with Crippen LogP contribution in [0.15, 0.2) is 0 Å². The molecule has 0 fully saturated rings. The van der Waals surface area contributed by atoms with Gasteiger partial charge in [0.25, 0.3) is 0 Å². The fraction of sp³-hybridized carbons (Fsp3) is 0.963. The molecular formula is C54H108N2O4. The lowest BCUT2D eigenvalue weighted by molar-refractivity contribution is -0.149. The Bertz CT molecular complexity index is 869. The van der Waals surface area contributed by atoms with Crippen molar-refractivity contribution in [2.45, 2.75) is 278 Å². The van der Waals surface area contributed by atoms with Crippen LogP contribution < -0.4 is 5.32 Å². The normalized spacial score (nSPS) is 12.6. The third-order valence-electron chi connectivity index (χ3n) is 13.0. The molecule has 1 N–H and O–H groups in total. The average molecular weight is 849 g/mol. The highest BCUT2D eigenvalue weighted by molar-refractivity contribution is 5.72. The first-order valence-corrected chi connectivity index (χ1v) is 27.2. The van der Waals surface area contributed by atoms with Gasteiger partial charge in [0.05, 0.1) is 19.1 Å². The molecule has 2 unspecified atom stereocenters. The Morgan fingerprint density at radius 1 is 0.417 bits per heavy atom. The van der Waals surface area contributed by atoms with Crippen LogP contribution in [0.1, 0.15) is 278 Å². The molecule has 0 aliphatic rings. The lowest BCUT2D eigenvalue weighted by Gasteiger charge is -2.22. The number of carbonyl (C=O) groups is 2. The minimum Gasteiger partial charge on any atom is -0.466 e. The van der Waals surface area contributed by atoms with Crippen molar-refractivity contribution in [3.05, 3.63) is 0 Å². The monoisotopic (exact) mass is 849 g/mol. The molecule has 0 saturated carbocycles. The van der Waals surface area contributed by atoms with Gasteiger partial charge >= 0.3 is 11.9 Å². The van der Waals surface area contributed by atoms with E-state index in [9.17, 15) is 9.59 Å². The summed E-state index contributed by atoms with van der Waals surface area (Å²) in [4.78, 5) is 28.3. The number of esters is 2. The van der Waals surface area contributed by atoms with E-state index in [1.165, 1.54) is 231 Å². The summed E-state index contributed by atoms with van der Waals surface area (Å²) in [5.41, 5.74) is 0. The summed E-state index contributed by atoms with van der Waals surface area (Å²) in [6, 6.07) is 0. The average Bonchev–Trinajstić information content (AvgIpc) is 3.25. The van der Waals surface area contributed by atoms with E-state index < -0.39 is 0 Å². The van der Waals surface area contributed by atoms with Crippen LogP contribution in [0.2, 0.25) is 0 Å². The highest BCUT2D eigenvalue weighted by Crippen LogP contribution is 2.23. The number of likely N-dealkylation sites (N-methyl/N-ethyl adjacent to an activating group) is 1. The van der Waals surface area contributed by atoms with E-state index >= 15 is 0 Å². The van der Waals surface area contributed by atoms with Gasteiger partial charge in [-0.05, 0) is 77.4 Å². The van der Waals surface area contributed by atoms with E-state index in [0.29, 0.717) is 25.6 Å². The molecule has 0 aliphatic carbocycles. The van der Waals surface area contributed by atoms with Crippen LogP contribution in [-0.2, 0) is 19.1 Å². The summed E-state index contributed by atoms with van der Waals surface area (Å²) in [5, 5.41) is 3.35. The lowest BCUT2D eigenvalue weighted by Crippen LogP contribution is -2.32. The first kappa shape index (κ1) is 58.9. The van der Waals surface area contributed by atoms with Gasteiger partial charge in [-0.1, -0.05) is 220 Å². The standard InChI is InChI=1S/C54H108N2O4/c1-6-10-14-18-26-33-41-51(40-32-16-12-8-3)50-53(57)59-48-38-30-24-20-22-28-36-45-56(47-44-55-5)46-37-29-23-21-25-31-39-49-60-54(58)52(42-34-17-13-9-4)43-35-27-19-15-11-7-2/h51-52,55H,6-50H2,1-5H3. The van der Waals surface area contributed by atoms with Gasteiger partial charge in [-0.25, -0.2) is 0 Å². The zero-order chi connectivity index (χ0) is 43.8. The molecule has 0 saturated heterocycles. The third-order valence-corrected chi connectivity index (χ3v) is 13.0. The fourth-order valence-electron chi connectivity index (χ4n) is 8.81. The van der Waals surface area contributed by atoms with E-state index in [2.05, 4.69) is 45.0 Å². The van der Waals surface area contributed by atoms with E-state index in [1.54, 1.807) is 0 Å². The summed E-state index contributed by atoms with van der Waals surface area (Å²) in [6.45, 7) is 14.9. The van der Waals surface area contributed by atoms with Gasteiger partial charge in [0.1, 0.15) is 0 Å². The molecule has 358 valence electrons. The van der Waals surface area contributed by atoms with Crippen molar-refractivity contribution < 1.29 is 19.1 Å². The molecule has 0 aromatic rings. The topological polar surface area (TPSA) is 67.9 Å². The van der Waals surface area contributed by atoms with Crippen molar-refractivity contribution in [3.63, 3.8) is 0 Å². The maximum atomic E-state index is 12.9. The predicted octanol–water partition coefficient (Wildman–Crippen LogP) is 16.1. The number of nitrogens with one attached hydrogen (secondary N) is 1. The van der Waals surface area contributed by atoms with E-state index in [0.717, 1.165) is 38.8 Å². The lowest BCUT2D eigenvalue weighted by atomic mass is 9.91. The van der Waals surface area contributed by atoms with Crippen molar-refractivity contribution in [1.82, 2.24) is 10.2 Å². The molecule has 2 atom stereocenters. The molecular weight excluding hydrogens is 741 g/mol. The molecule has 6 heteroatoms. The van der Waals surface area contributed by atoms with Crippen LogP contribution >= 0.6 is 0 Å². The Morgan fingerprint density at radius 3 is 1.20 bits per heavy atom. The largest absolute Gasteiger partial charge is 0.466 e. The van der Waals surface area contributed by atoms with Crippen molar-refractivity contribution in [2.75, 3.05) is 46.4 Å². The maximum Gasteiger partial charge on any atom is 0.308 e. The quantitative estimate of drug-likeness (QED) is 0.0486. The van der Waals surface area contributed by atoms with Gasteiger partial charge in [0, 0.05) is 19.5 Å². The number of rotatable bonds is 50. The van der Waals surface area contributed by atoms with Crippen LogP contribution in [0.4, 0.5) is 0 Å². The summed E-state index contributed by atoms with van der Waals surface area (Å²) in [5.74, 6) is 0.766. The Balaban J connectivity index is 4.03. The Kier molecular flexibility index (Phi) is 48.0. The number of carbonyl (C=O) groups excluding carboxylic acids is 2. The maximum absolute atomic E-state index is 12.9.